The Morgan fingerprint density at radius 2 is 1.93 bits per heavy atom. The number of aryl methyl sites for hydroxylation is 2. The van der Waals surface area contributed by atoms with Gasteiger partial charge in [0.05, 0.1) is 17.3 Å². The minimum absolute atomic E-state index is 0.690. The number of ether oxygens (including phenoxy) is 1. The molecule has 1 aromatic heterocycles. The zero-order valence-corrected chi connectivity index (χ0v) is 17.1. The van der Waals surface area contributed by atoms with Crippen LogP contribution in [0.3, 0.4) is 0 Å². The third-order valence-electron chi connectivity index (χ3n) is 4.96. The molecule has 2 aromatic carbocycles. The summed E-state index contributed by atoms with van der Waals surface area (Å²) in [6, 6.07) is 17.4. The van der Waals surface area contributed by atoms with Crippen molar-refractivity contribution in [3.8, 4) is 5.75 Å². The number of aromatic nitrogens is 1. The smallest absolute Gasteiger partial charge is 0.212 e. The molecule has 0 spiro atoms. The fourth-order valence-corrected chi connectivity index (χ4v) is 4.72. The number of anilines is 1. The maximum atomic E-state index is 5.66. The van der Waals surface area contributed by atoms with E-state index in [4.69, 9.17) is 4.74 Å². The van der Waals surface area contributed by atoms with E-state index in [1.165, 1.54) is 37.8 Å². The summed E-state index contributed by atoms with van der Waals surface area (Å²) in [6.45, 7) is 7.99. The first-order chi connectivity index (χ1) is 13.1. The van der Waals surface area contributed by atoms with Gasteiger partial charge in [0.25, 0.3) is 0 Å². The largest absolute Gasteiger partial charge is 0.494 e. The molecule has 0 radical (unpaired) electrons. The molecule has 2 heterocycles. The van der Waals surface area contributed by atoms with Crippen molar-refractivity contribution in [3.05, 3.63) is 64.8 Å². The fourth-order valence-electron chi connectivity index (χ4n) is 3.60. The molecule has 0 saturated carbocycles. The van der Waals surface area contributed by atoms with Crippen molar-refractivity contribution < 1.29 is 9.30 Å². The van der Waals surface area contributed by atoms with Gasteiger partial charge >= 0.3 is 0 Å². The normalized spacial score (nSPS) is 14.8. The Kier molecular flexibility index (Phi) is 4.83. The van der Waals surface area contributed by atoms with Crippen LogP contribution in [0.2, 0.25) is 0 Å². The van der Waals surface area contributed by atoms with Crippen LogP contribution >= 0.6 is 11.8 Å². The Bertz CT molecular complexity index is 1040. The van der Waals surface area contributed by atoms with E-state index in [-0.39, 0.29) is 0 Å². The monoisotopic (exact) mass is 377 g/mol. The highest BCUT2D eigenvalue weighted by Gasteiger charge is 2.24. The van der Waals surface area contributed by atoms with Crippen LogP contribution in [0.5, 0.6) is 5.75 Å². The van der Waals surface area contributed by atoms with Crippen LogP contribution in [0.1, 0.15) is 25.1 Å². The van der Waals surface area contributed by atoms with Crippen LogP contribution in [0.15, 0.2) is 58.5 Å². The van der Waals surface area contributed by atoms with Crippen LogP contribution in [-0.4, -0.2) is 13.7 Å². The molecule has 0 N–H and O–H groups in total. The maximum Gasteiger partial charge on any atom is 0.212 e. The molecule has 0 aliphatic carbocycles. The van der Waals surface area contributed by atoms with Crippen LogP contribution < -0.4 is 14.2 Å². The summed E-state index contributed by atoms with van der Waals surface area (Å²) in [6.07, 6.45) is 2.29. The molecule has 0 atom stereocenters. The van der Waals surface area contributed by atoms with Crippen molar-refractivity contribution in [3.63, 3.8) is 0 Å². The lowest BCUT2D eigenvalue weighted by molar-refractivity contribution is -0.669. The summed E-state index contributed by atoms with van der Waals surface area (Å²) in [7, 11) is 2.13. The Labute approximate surface area is 165 Å². The van der Waals surface area contributed by atoms with Gasteiger partial charge in [-0.2, -0.15) is 4.57 Å². The van der Waals surface area contributed by atoms with Gasteiger partial charge in [0.1, 0.15) is 12.3 Å². The molecule has 1 aliphatic heterocycles. The van der Waals surface area contributed by atoms with Gasteiger partial charge in [-0.05, 0) is 51.1 Å². The molecule has 3 nitrogen and oxygen atoms in total. The highest BCUT2D eigenvalue weighted by atomic mass is 32.2. The second-order valence-electron chi connectivity index (χ2n) is 6.77. The number of pyridine rings is 1. The van der Waals surface area contributed by atoms with Crippen molar-refractivity contribution in [2.24, 2.45) is 0 Å². The van der Waals surface area contributed by atoms with E-state index in [2.05, 4.69) is 78.9 Å². The van der Waals surface area contributed by atoms with Gasteiger partial charge in [-0.25, -0.2) is 0 Å². The molecule has 4 rings (SSSR count). The SMILES string of the molecule is CCOc1ccc2c(c1)S/C(=C/c1ccc3cc(C)ccc3[n+]1CC)N2C. The third-order valence-corrected chi connectivity index (χ3v) is 6.10. The van der Waals surface area contributed by atoms with E-state index in [0.717, 1.165) is 12.3 Å². The van der Waals surface area contributed by atoms with Crippen molar-refractivity contribution in [2.45, 2.75) is 32.2 Å². The van der Waals surface area contributed by atoms with Gasteiger partial charge in [0, 0.05) is 35.5 Å². The van der Waals surface area contributed by atoms with E-state index in [1.807, 2.05) is 13.0 Å². The molecule has 3 aromatic rings. The highest BCUT2D eigenvalue weighted by molar-refractivity contribution is 8.03. The molecule has 0 saturated heterocycles. The van der Waals surface area contributed by atoms with Crippen LogP contribution in [0.4, 0.5) is 5.69 Å². The van der Waals surface area contributed by atoms with Crippen LogP contribution in [0, 0.1) is 6.92 Å². The third kappa shape index (κ3) is 3.30. The molecule has 0 bridgehead atoms. The number of thioether (sulfide) groups is 1. The van der Waals surface area contributed by atoms with Crippen molar-refractivity contribution in [1.29, 1.82) is 0 Å². The molecule has 4 heteroatoms. The van der Waals surface area contributed by atoms with E-state index in [0.29, 0.717) is 6.61 Å². The lowest BCUT2D eigenvalue weighted by atomic mass is 10.1. The van der Waals surface area contributed by atoms with Gasteiger partial charge in [-0.3, -0.25) is 0 Å². The van der Waals surface area contributed by atoms with Crippen molar-refractivity contribution in [1.82, 2.24) is 0 Å². The van der Waals surface area contributed by atoms with Gasteiger partial charge in [0.15, 0.2) is 0 Å². The zero-order valence-electron chi connectivity index (χ0n) is 16.3. The molecule has 27 heavy (non-hydrogen) atoms. The summed E-state index contributed by atoms with van der Waals surface area (Å²) < 4.78 is 8.04. The number of hydrogen-bond acceptors (Lipinski definition) is 3. The summed E-state index contributed by atoms with van der Waals surface area (Å²) >= 11 is 1.80. The summed E-state index contributed by atoms with van der Waals surface area (Å²) in [5.41, 5.74) is 5.03. The second-order valence-corrected chi connectivity index (χ2v) is 7.83. The van der Waals surface area contributed by atoms with Crippen molar-refractivity contribution >= 4 is 34.4 Å². The quantitative estimate of drug-likeness (QED) is 0.567. The van der Waals surface area contributed by atoms with Crippen LogP contribution in [-0.2, 0) is 6.54 Å². The number of rotatable bonds is 4. The Morgan fingerprint density at radius 3 is 2.70 bits per heavy atom. The Balaban J connectivity index is 1.74. The number of benzene rings is 2. The first kappa shape index (κ1) is 17.9. The molecule has 138 valence electrons. The molecule has 0 fully saturated rings. The first-order valence-electron chi connectivity index (χ1n) is 9.44. The van der Waals surface area contributed by atoms with Gasteiger partial charge in [-0.15, -0.1) is 0 Å². The molecular formula is C23H25N2OS+. The van der Waals surface area contributed by atoms with E-state index < -0.39 is 0 Å². The summed E-state index contributed by atoms with van der Waals surface area (Å²) in [5, 5.41) is 2.52. The highest BCUT2D eigenvalue weighted by Crippen LogP contribution is 2.47. The minimum Gasteiger partial charge on any atom is -0.494 e. The second kappa shape index (κ2) is 7.28. The molecule has 0 unspecified atom stereocenters. The molecular weight excluding hydrogens is 352 g/mol. The molecule has 1 aliphatic rings. The van der Waals surface area contributed by atoms with E-state index in [1.54, 1.807) is 11.8 Å². The van der Waals surface area contributed by atoms with Gasteiger partial charge in [0.2, 0.25) is 11.2 Å². The molecule has 0 amide bonds. The Hall–Kier alpha value is -2.46. The van der Waals surface area contributed by atoms with Gasteiger partial charge in [-0.1, -0.05) is 23.4 Å². The van der Waals surface area contributed by atoms with E-state index in [9.17, 15) is 0 Å². The van der Waals surface area contributed by atoms with E-state index >= 15 is 0 Å². The fraction of sp³-hybridized carbons (Fsp3) is 0.261. The lowest BCUT2D eigenvalue weighted by Crippen LogP contribution is -2.36. The van der Waals surface area contributed by atoms with Crippen LogP contribution in [0.25, 0.3) is 17.0 Å². The Morgan fingerprint density at radius 1 is 1.07 bits per heavy atom. The predicted molar refractivity (Wildman–Crippen MR) is 114 cm³/mol. The summed E-state index contributed by atoms with van der Waals surface area (Å²) in [4.78, 5) is 3.50. The zero-order chi connectivity index (χ0) is 19.0. The van der Waals surface area contributed by atoms with Gasteiger partial charge < -0.3 is 9.64 Å². The van der Waals surface area contributed by atoms with Crippen molar-refractivity contribution in [2.75, 3.05) is 18.6 Å². The maximum absolute atomic E-state index is 5.66. The number of hydrogen-bond donors (Lipinski definition) is 0. The standard InChI is InChI=1S/C23H25N2OS/c1-5-25-18(9-8-17-13-16(3)7-11-20(17)25)14-23-24(4)21-12-10-19(26-6-2)15-22(21)27-23/h7-15H,5-6H2,1-4H3/q+1. The topological polar surface area (TPSA) is 16.4 Å². The average Bonchev–Trinajstić information content (AvgIpc) is 2.97. The average molecular weight is 378 g/mol. The predicted octanol–water partition coefficient (Wildman–Crippen LogP) is 5.39. The summed E-state index contributed by atoms with van der Waals surface area (Å²) in [5.74, 6) is 0.933. The number of fused-ring (bicyclic) bond motifs is 2. The first-order valence-corrected chi connectivity index (χ1v) is 10.3. The minimum atomic E-state index is 0.690. The lowest BCUT2D eigenvalue weighted by Gasteiger charge is -2.13. The number of nitrogens with zero attached hydrogens (tertiary/aromatic N) is 2.